The van der Waals surface area contributed by atoms with Gasteiger partial charge in [-0.3, -0.25) is 4.79 Å². The number of rotatable bonds is 3. The molecule has 0 bridgehead atoms. The molecule has 0 aliphatic rings. The van der Waals surface area contributed by atoms with Crippen molar-refractivity contribution in [3.63, 3.8) is 0 Å². The molecular formula is C16H11Cl3N2O. The van der Waals surface area contributed by atoms with Crippen molar-refractivity contribution < 1.29 is 4.79 Å². The van der Waals surface area contributed by atoms with Gasteiger partial charge < -0.3 is 10.3 Å². The summed E-state index contributed by atoms with van der Waals surface area (Å²) in [7, 11) is 0. The Morgan fingerprint density at radius 3 is 2.64 bits per heavy atom. The van der Waals surface area contributed by atoms with Crippen LogP contribution in [0.4, 0.5) is 5.69 Å². The first-order chi connectivity index (χ1) is 10.5. The maximum Gasteiger partial charge on any atom is 0.228 e. The fourth-order valence-corrected chi connectivity index (χ4v) is 2.72. The number of hydrogen-bond donors (Lipinski definition) is 2. The maximum atomic E-state index is 12.2. The summed E-state index contributed by atoms with van der Waals surface area (Å²) in [5.74, 6) is -0.140. The number of benzene rings is 2. The van der Waals surface area contributed by atoms with Gasteiger partial charge in [-0.15, -0.1) is 0 Å². The molecule has 3 rings (SSSR count). The van der Waals surface area contributed by atoms with Gasteiger partial charge in [-0.2, -0.15) is 0 Å². The lowest BCUT2D eigenvalue weighted by Crippen LogP contribution is -2.14. The third kappa shape index (κ3) is 3.22. The summed E-state index contributed by atoms with van der Waals surface area (Å²) in [6, 6.07) is 10.5. The molecule has 0 fully saturated rings. The van der Waals surface area contributed by atoms with Crippen LogP contribution in [0.2, 0.25) is 15.1 Å². The molecule has 1 amide bonds. The quantitative estimate of drug-likeness (QED) is 0.658. The number of aromatic nitrogens is 1. The van der Waals surface area contributed by atoms with E-state index in [1.165, 1.54) is 0 Å². The molecule has 6 heteroatoms. The van der Waals surface area contributed by atoms with Crippen molar-refractivity contribution in [3.8, 4) is 0 Å². The summed E-state index contributed by atoms with van der Waals surface area (Å²) < 4.78 is 0. The van der Waals surface area contributed by atoms with E-state index in [0.717, 1.165) is 16.5 Å². The van der Waals surface area contributed by atoms with Gasteiger partial charge in [0.2, 0.25) is 5.91 Å². The van der Waals surface area contributed by atoms with Crippen molar-refractivity contribution in [3.05, 3.63) is 63.2 Å². The highest BCUT2D eigenvalue weighted by Crippen LogP contribution is 2.26. The Hall–Kier alpha value is -1.68. The van der Waals surface area contributed by atoms with Gasteiger partial charge in [-0.1, -0.05) is 34.8 Å². The number of amides is 1. The minimum Gasteiger partial charge on any atom is -0.361 e. The highest BCUT2D eigenvalue weighted by molar-refractivity contribution is 6.42. The summed E-state index contributed by atoms with van der Waals surface area (Å²) >= 11 is 17.8. The fraction of sp³-hybridized carbons (Fsp3) is 0.0625. The van der Waals surface area contributed by atoms with Crippen LogP contribution in [0.25, 0.3) is 10.9 Å². The molecule has 0 radical (unpaired) electrons. The number of hydrogen-bond acceptors (Lipinski definition) is 1. The lowest BCUT2D eigenvalue weighted by Gasteiger charge is -2.06. The third-order valence-electron chi connectivity index (χ3n) is 3.28. The summed E-state index contributed by atoms with van der Waals surface area (Å²) in [6.07, 6.45) is 2.05. The Morgan fingerprint density at radius 1 is 1.05 bits per heavy atom. The predicted molar refractivity (Wildman–Crippen MR) is 92.1 cm³/mol. The third-order valence-corrected chi connectivity index (χ3v) is 4.26. The largest absolute Gasteiger partial charge is 0.361 e. The van der Waals surface area contributed by atoms with E-state index in [-0.39, 0.29) is 12.3 Å². The fourth-order valence-electron chi connectivity index (χ4n) is 2.25. The van der Waals surface area contributed by atoms with Crippen LogP contribution in [0.1, 0.15) is 5.56 Å². The summed E-state index contributed by atoms with van der Waals surface area (Å²) in [6.45, 7) is 0. The Labute approximate surface area is 142 Å². The zero-order chi connectivity index (χ0) is 15.7. The zero-order valence-electron chi connectivity index (χ0n) is 11.3. The van der Waals surface area contributed by atoms with Crippen LogP contribution in [0.15, 0.2) is 42.6 Å². The van der Waals surface area contributed by atoms with Crippen molar-refractivity contribution in [1.29, 1.82) is 0 Å². The van der Waals surface area contributed by atoms with Gasteiger partial charge in [0.15, 0.2) is 0 Å². The first-order valence-electron chi connectivity index (χ1n) is 6.53. The van der Waals surface area contributed by atoms with Crippen molar-refractivity contribution in [2.75, 3.05) is 5.32 Å². The Bertz CT molecular complexity index is 858. The zero-order valence-corrected chi connectivity index (χ0v) is 13.6. The van der Waals surface area contributed by atoms with Crippen LogP contribution in [0.5, 0.6) is 0 Å². The summed E-state index contributed by atoms with van der Waals surface area (Å²) in [4.78, 5) is 15.3. The van der Waals surface area contributed by atoms with Gasteiger partial charge in [0.05, 0.1) is 16.5 Å². The van der Waals surface area contributed by atoms with E-state index < -0.39 is 0 Å². The molecule has 0 saturated carbocycles. The molecule has 0 atom stereocenters. The lowest BCUT2D eigenvalue weighted by atomic mass is 10.1. The van der Waals surface area contributed by atoms with Crippen LogP contribution in [-0.2, 0) is 11.2 Å². The van der Waals surface area contributed by atoms with Gasteiger partial charge in [-0.25, -0.2) is 0 Å². The number of carbonyl (C=O) groups is 1. The van der Waals surface area contributed by atoms with E-state index in [9.17, 15) is 4.79 Å². The molecule has 1 aromatic heterocycles. The Morgan fingerprint density at radius 2 is 1.86 bits per heavy atom. The molecule has 0 aliphatic carbocycles. The van der Waals surface area contributed by atoms with Crippen molar-refractivity contribution in [2.24, 2.45) is 0 Å². The van der Waals surface area contributed by atoms with Gasteiger partial charge in [0.1, 0.15) is 0 Å². The minimum atomic E-state index is -0.140. The molecule has 0 unspecified atom stereocenters. The number of halogens is 3. The van der Waals surface area contributed by atoms with E-state index in [4.69, 9.17) is 34.8 Å². The average Bonchev–Trinajstić information content (AvgIpc) is 2.85. The van der Waals surface area contributed by atoms with E-state index in [2.05, 4.69) is 10.3 Å². The molecule has 22 heavy (non-hydrogen) atoms. The second-order valence-electron chi connectivity index (χ2n) is 4.86. The van der Waals surface area contributed by atoms with Gasteiger partial charge in [0, 0.05) is 27.8 Å². The first kappa shape index (κ1) is 15.2. The molecular weight excluding hydrogens is 343 g/mol. The smallest absolute Gasteiger partial charge is 0.228 e. The van der Waals surface area contributed by atoms with E-state index in [0.29, 0.717) is 20.8 Å². The Balaban J connectivity index is 1.78. The molecule has 0 aliphatic heterocycles. The highest BCUT2D eigenvalue weighted by Gasteiger charge is 2.10. The number of carbonyl (C=O) groups excluding carboxylic acids is 1. The predicted octanol–water partition coefficient (Wildman–Crippen LogP) is 5.31. The second-order valence-corrected chi connectivity index (χ2v) is 6.11. The second kappa shape index (κ2) is 6.21. The first-order valence-corrected chi connectivity index (χ1v) is 7.67. The number of nitrogens with one attached hydrogen (secondary N) is 2. The molecule has 3 nitrogen and oxygen atoms in total. The van der Waals surface area contributed by atoms with Crippen molar-refractivity contribution >= 4 is 57.3 Å². The standard InChI is InChI=1S/C16H11Cl3N2O/c17-10-1-4-15-12(6-10)9(8-20-15)5-16(22)21-11-2-3-13(18)14(19)7-11/h1-4,6-8,20H,5H2,(H,21,22). The van der Waals surface area contributed by atoms with Crippen LogP contribution in [-0.4, -0.2) is 10.9 Å². The molecule has 1 heterocycles. The summed E-state index contributed by atoms with van der Waals surface area (Å²) in [5, 5.41) is 5.23. The lowest BCUT2D eigenvalue weighted by molar-refractivity contribution is -0.115. The van der Waals surface area contributed by atoms with Gasteiger partial charge in [-0.05, 0) is 42.0 Å². The molecule has 112 valence electrons. The van der Waals surface area contributed by atoms with Crippen LogP contribution < -0.4 is 5.32 Å². The van der Waals surface area contributed by atoms with Gasteiger partial charge >= 0.3 is 0 Å². The van der Waals surface area contributed by atoms with E-state index >= 15 is 0 Å². The van der Waals surface area contributed by atoms with Crippen LogP contribution in [0, 0.1) is 0 Å². The Kier molecular flexibility index (Phi) is 4.30. The SMILES string of the molecule is O=C(Cc1c[nH]c2ccc(Cl)cc12)Nc1ccc(Cl)c(Cl)c1. The number of anilines is 1. The van der Waals surface area contributed by atoms with Crippen LogP contribution in [0.3, 0.4) is 0 Å². The van der Waals surface area contributed by atoms with Crippen molar-refractivity contribution in [1.82, 2.24) is 4.98 Å². The minimum absolute atomic E-state index is 0.140. The molecule has 2 N–H and O–H groups in total. The molecule has 0 spiro atoms. The maximum absolute atomic E-state index is 12.2. The van der Waals surface area contributed by atoms with Crippen LogP contribution >= 0.6 is 34.8 Å². The van der Waals surface area contributed by atoms with E-state index in [1.54, 1.807) is 24.3 Å². The van der Waals surface area contributed by atoms with E-state index in [1.807, 2.05) is 18.3 Å². The number of aromatic amines is 1. The number of fused-ring (bicyclic) bond motifs is 1. The molecule has 0 saturated heterocycles. The molecule has 2 aromatic carbocycles. The van der Waals surface area contributed by atoms with Gasteiger partial charge in [0.25, 0.3) is 0 Å². The molecule has 3 aromatic rings. The monoisotopic (exact) mass is 352 g/mol. The average molecular weight is 354 g/mol. The topological polar surface area (TPSA) is 44.9 Å². The number of H-pyrrole nitrogens is 1. The normalized spacial score (nSPS) is 10.9. The van der Waals surface area contributed by atoms with Crippen molar-refractivity contribution in [2.45, 2.75) is 6.42 Å². The highest BCUT2D eigenvalue weighted by atomic mass is 35.5. The summed E-state index contributed by atoms with van der Waals surface area (Å²) in [5.41, 5.74) is 2.44.